The molecule has 3 heterocycles. The van der Waals surface area contributed by atoms with Crippen LogP contribution in [0.5, 0.6) is 0 Å². The summed E-state index contributed by atoms with van der Waals surface area (Å²) in [5, 5.41) is 16.2. The van der Waals surface area contributed by atoms with Crippen LogP contribution in [0.15, 0.2) is 69.4 Å². The first-order valence-corrected chi connectivity index (χ1v) is 9.34. The van der Waals surface area contributed by atoms with Crippen molar-refractivity contribution in [1.82, 2.24) is 25.0 Å². The molecule has 0 aliphatic rings. The fourth-order valence-corrected chi connectivity index (χ4v) is 3.45. The van der Waals surface area contributed by atoms with Crippen molar-refractivity contribution in [2.45, 2.75) is 29.8 Å². The minimum Gasteiger partial charge on any atom is -0.467 e. The highest BCUT2D eigenvalue weighted by molar-refractivity contribution is 7.99. The van der Waals surface area contributed by atoms with E-state index in [0.29, 0.717) is 23.3 Å². The highest BCUT2D eigenvalue weighted by Crippen LogP contribution is 2.32. The summed E-state index contributed by atoms with van der Waals surface area (Å²) < 4.78 is 45.4. The van der Waals surface area contributed by atoms with Crippen LogP contribution < -0.4 is 0 Å². The van der Waals surface area contributed by atoms with Crippen molar-refractivity contribution in [3.8, 4) is 11.4 Å². The lowest BCUT2D eigenvalue weighted by atomic mass is 10.1. The van der Waals surface area contributed by atoms with E-state index in [4.69, 9.17) is 4.42 Å². The topological polar surface area (TPSA) is 69.6 Å². The van der Waals surface area contributed by atoms with Gasteiger partial charge in [-0.2, -0.15) is 13.2 Å². The van der Waals surface area contributed by atoms with Gasteiger partial charge in [0.2, 0.25) is 0 Å². The van der Waals surface area contributed by atoms with E-state index in [1.807, 2.05) is 41.8 Å². The molecule has 0 radical (unpaired) electrons. The van der Waals surface area contributed by atoms with Gasteiger partial charge in [0.1, 0.15) is 10.8 Å². The van der Waals surface area contributed by atoms with Gasteiger partial charge in [0.15, 0.2) is 16.7 Å². The van der Waals surface area contributed by atoms with Crippen molar-refractivity contribution in [1.29, 1.82) is 0 Å². The van der Waals surface area contributed by atoms with E-state index in [0.717, 1.165) is 29.0 Å². The number of halogens is 3. The number of rotatable bonds is 5. The van der Waals surface area contributed by atoms with Crippen LogP contribution in [0.4, 0.5) is 13.2 Å². The van der Waals surface area contributed by atoms with Gasteiger partial charge in [-0.15, -0.1) is 20.4 Å². The Hall–Kier alpha value is -3.14. The molecule has 0 unspecified atom stereocenters. The summed E-state index contributed by atoms with van der Waals surface area (Å²) in [6, 6.07) is 13.5. The third-order valence-electron chi connectivity index (χ3n) is 4.12. The lowest BCUT2D eigenvalue weighted by Crippen LogP contribution is -2.09. The quantitative estimate of drug-likeness (QED) is 0.462. The number of alkyl halides is 3. The number of aromatic nitrogens is 5. The second-order valence-electron chi connectivity index (χ2n) is 6.14. The summed E-state index contributed by atoms with van der Waals surface area (Å²) in [6.45, 7) is 2.33. The Morgan fingerprint density at radius 1 is 0.966 bits per heavy atom. The molecule has 4 aromatic rings. The lowest BCUT2D eigenvalue weighted by Gasteiger charge is -2.10. The Kier molecular flexibility index (Phi) is 5.10. The molecule has 0 N–H and O–H groups in total. The van der Waals surface area contributed by atoms with Crippen molar-refractivity contribution in [3.63, 3.8) is 0 Å². The zero-order valence-electron chi connectivity index (χ0n) is 15.1. The average molecular weight is 417 g/mol. The Morgan fingerprint density at radius 3 is 2.45 bits per heavy atom. The molecule has 4 rings (SSSR count). The molecule has 10 heteroatoms. The summed E-state index contributed by atoms with van der Waals surface area (Å²) in [5.74, 6) is 1.32. The first-order chi connectivity index (χ1) is 13.9. The maximum Gasteiger partial charge on any atom is 0.435 e. The van der Waals surface area contributed by atoms with Gasteiger partial charge in [-0.25, -0.2) is 0 Å². The third-order valence-corrected chi connectivity index (χ3v) is 5.03. The van der Waals surface area contributed by atoms with Gasteiger partial charge in [0.25, 0.3) is 0 Å². The van der Waals surface area contributed by atoms with Crippen molar-refractivity contribution in [3.05, 3.63) is 71.8 Å². The zero-order valence-corrected chi connectivity index (χ0v) is 15.9. The summed E-state index contributed by atoms with van der Waals surface area (Å²) in [5.41, 5.74) is 0.878. The van der Waals surface area contributed by atoms with E-state index in [2.05, 4.69) is 20.4 Å². The van der Waals surface area contributed by atoms with Gasteiger partial charge >= 0.3 is 6.18 Å². The van der Waals surface area contributed by atoms with E-state index < -0.39 is 11.9 Å². The molecule has 0 saturated heterocycles. The minimum atomic E-state index is -4.53. The van der Waals surface area contributed by atoms with Crippen LogP contribution in [-0.4, -0.2) is 25.0 Å². The van der Waals surface area contributed by atoms with Gasteiger partial charge in [-0.05, 0) is 48.5 Å². The van der Waals surface area contributed by atoms with Gasteiger partial charge in [0.05, 0.1) is 12.8 Å². The van der Waals surface area contributed by atoms with E-state index in [1.54, 1.807) is 12.3 Å². The van der Waals surface area contributed by atoms with Crippen molar-refractivity contribution < 1.29 is 17.6 Å². The summed E-state index contributed by atoms with van der Waals surface area (Å²) in [4.78, 5) is 0. The molecule has 148 valence electrons. The van der Waals surface area contributed by atoms with E-state index in [9.17, 15) is 13.2 Å². The molecule has 6 nitrogen and oxygen atoms in total. The molecule has 0 spiro atoms. The number of hydrogen-bond donors (Lipinski definition) is 0. The van der Waals surface area contributed by atoms with Crippen LogP contribution in [0.3, 0.4) is 0 Å². The summed E-state index contributed by atoms with van der Waals surface area (Å²) >= 11 is 1.08. The highest BCUT2D eigenvalue weighted by atomic mass is 32.2. The molecule has 0 amide bonds. The third kappa shape index (κ3) is 4.16. The van der Waals surface area contributed by atoms with Crippen LogP contribution in [0, 0.1) is 6.92 Å². The molecule has 0 bridgehead atoms. The van der Waals surface area contributed by atoms with Crippen LogP contribution in [0.1, 0.15) is 17.0 Å². The van der Waals surface area contributed by atoms with Crippen molar-refractivity contribution in [2.75, 3.05) is 0 Å². The fraction of sp³-hybridized carbons (Fsp3) is 0.158. The maximum absolute atomic E-state index is 12.7. The molecule has 0 atom stereocenters. The summed E-state index contributed by atoms with van der Waals surface area (Å²) in [6.07, 6.45) is -2.96. The van der Waals surface area contributed by atoms with Gasteiger partial charge in [-0.3, -0.25) is 4.57 Å². The maximum atomic E-state index is 12.7. The SMILES string of the molecule is Cc1ccccc1-c1nnc(Sc2ccc(C(F)(F)F)nn2)n1Cc1ccco1. The number of furan rings is 1. The van der Waals surface area contributed by atoms with Gasteiger partial charge < -0.3 is 4.42 Å². The molecule has 3 aromatic heterocycles. The van der Waals surface area contributed by atoms with E-state index in [1.165, 1.54) is 6.07 Å². The van der Waals surface area contributed by atoms with Crippen LogP contribution in [-0.2, 0) is 12.7 Å². The van der Waals surface area contributed by atoms with E-state index >= 15 is 0 Å². The largest absolute Gasteiger partial charge is 0.467 e. The smallest absolute Gasteiger partial charge is 0.435 e. The Morgan fingerprint density at radius 2 is 1.79 bits per heavy atom. The van der Waals surface area contributed by atoms with Crippen molar-refractivity contribution >= 4 is 11.8 Å². The second-order valence-corrected chi connectivity index (χ2v) is 7.13. The summed E-state index contributed by atoms with van der Waals surface area (Å²) in [7, 11) is 0. The normalized spacial score (nSPS) is 11.7. The number of nitrogens with zero attached hydrogens (tertiary/aromatic N) is 5. The molecule has 29 heavy (non-hydrogen) atoms. The van der Waals surface area contributed by atoms with Crippen LogP contribution in [0.25, 0.3) is 11.4 Å². The van der Waals surface area contributed by atoms with Crippen molar-refractivity contribution in [2.24, 2.45) is 0 Å². The number of aryl methyl sites for hydroxylation is 1. The molecule has 1 aromatic carbocycles. The van der Waals surface area contributed by atoms with Crippen LogP contribution in [0.2, 0.25) is 0 Å². The zero-order chi connectivity index (χ0) is 20.4. The molecular formula is C19H14F3N5OS. The van der Waals surface area contributed by atoms with Gasteiger partial charge in [0, 0.05) is 5.56 Å². The first-order valence-electron chi connectivity index (χ1n) is 8.52. The first kappa shape index (κ1) is 19.2. The molecule has 0 fully saturated rings. The Balaban J connectivity index is 1.70. The minimum absolute atomic E-state index is 0.280. The fourth-order valence-electron chi connectivity index (χ4n) is 2.71. The number of benzene rings is 1. The Labute approximate surface area is 167 Å². The molecular weight excluding hydrogens is 403 g/mol. The van der Waals surface area contributed by atoms with E-state index in [-0.39, 0.29) is 5.03 Å². The molecule has 0 saturated carbocycles. The average Bonchev–Trinajstić information content (AvgIpc) is 3.33. The van der Waals surface area contributed by atoms with Gasteiger partial charge in [-0.1, -0.05) is 24.3 Å². The second kappa shape index (κ2) is 7.70. The lowest BCUT2D eigenvalue weighted by molar-refractivity contribution is -0.141. The standard InChI is InChI=1S/C19H14F3N5OS/c1-12-5-2-3-7-14(12)17-25-26-18(27(17)11-13-6-4-10-28-13)29-16-9-8-15(23-24-16)19(20,21)22/h2-10H,11H2,1H3. The highest BCUT2D eigenvalue weighted by Gasteiger charge is 2.33. The molecule has 0 aliphatic carbocycles. The van der Waals surface area contributed by atoms with Crippen LogP contribution >= 0.6 is 11.8 Å². The number of hydrogen-bond acceptors (Lipinski definition) is 6. The molecule has 0 aliphatic heterocycles. The predicted molar refractivity (Wildman–Crippen MR) is 99.2 cm³/mol. The Bertz CT molecular complexity index is 1110. The monoisotopic (exact) mass is 417 g/mol. The predicted octanol–water partition coefficient (Wildman–Crippen LogP) is 4.85.